The summed E-state index contributed by atoms with van der Waals surface area (Å²) < 4.78 is 13.8. The van der Waals surface area contributed by atoms with Gasteiger partial charge in [-0.2, -0.15) is 0 Å². The van der Waals surface area contributed by atoms with Crippen molar-refractivity contribution in [2.75, 3.05) is 11.1 Å². The molecule has 1 heterocycles. The Kier molecular flexibility index (Phi) is 6.58. The first-order valence-corrected chi connectivity index (χ1v) is 10.4. The SMILES string of the molecule is Cc1ccc(Nc2nnc(SCCCC(=O)c3ccc(F)cc3)s2)c(C)c1. The van der Waals surface area contributed by atoms with Crippen molar-refractivity contribution in [2.24, 2.45) is 0 Å². The smallest absolute Gasteiger partial charge is 0.210 e. The summed E-state index contributed by atoms with van der Waals surface area (Å²) in [5.41, 5.74) is 3.97. The van der Waals surface area contributed by atoms with Crippen LogP contribution in [0.1, 0.15) is 34.3 Å². The van der Waals surface area contributed by atoms with Crippen molar-refractivity contribution in [3.63, 3.8) is 0 Å². The summed E-state index contributed by atoms with van der Waals surface area (Å²) in [7, 11) is 0. The largest absolute Gasteiger partial charge is 0.330 e. The number of hydrogen-bond donors (Lipinski definition) is 1. The summed E-state index contributed by atoms with van der Waals surface area (Å²) in [6.45, 7) is 4.13. The van der Waals surface area contributed by atoms with Crippen LogP contribution in [0.25, 0.3) is 0 Å². The monoisotopic (exact) mass is 401 g/mol. The van der Waals surface area contributed by atoms with Gasteiger partial charge in [-0.3, -0.25) is 4.79 Å². The molecule has 0 bridgehead atoms. The van der Waals surface area contributed by atoms with Crippen molar-refractivity contribution in [1.29, 1.82) is 0 Å². The fourth-order valence-corrected chi connectivity index (χ4v) is 4.33. The van der Waals surface area contributed by atoms with E-state index < -0.39 is 0 Å². The van der Waals surface area contributed by atoms with Crippen LogP contribution in [0.5, 0.6) is 0 Å². The van der Waals surface area contributed by atoms with Crippen LogP contribution < -0.4 is 5.32 Å². The zero-order chi connectivity index (χ0) is 19.2. The lowest BCUT2D eigenvalue weighted by molar-refractivity contribution is 0.0982. The number of nitrogens with zero attached hydrogens (tertiary/aromatic N) is 2. The average Bonchev–Trinajstić information content (AvgIpc) is 3.09. The Labute approximate surface area is 166 Å². The Morgan fingerprint density at radius 2 is 1.93 bits per heavy atom. The molecule has 140 valence electrons. The number of Topliss-reactive ketones (excluding diaryl/α,β-unsaturated/α-hetero) is 1. The molecule has 2 aromatic carbocycles. The topological polar surface area (TPSA) is 54.9 Å². The van der Waals surface area contributed by atoms with Crippen LogP contribution >= 0.6 is 23.1 Å². The maximum absolute atomic E-state index is 12.9. The molecule has 1 N–H and O–H groups in total. The van der Waals surface area contributed by atoms with Gasteiger partial charge in [-0.25, -0.2) is 4.39 Å². The van der Waals surface area contributed by atoms with Crippen LogP contribution in [-0.2, 0) is 0 Å². The standard InChI is InChI=1S/C20H20FN3OS2/c1-13-5-10-17(14(2)12-13)22-19-23-24-20(27-19)26-11-3-4-18(25)15-6-8-16(21)9-7-15/h5-10,12H,3-4,11H2,1-2H3,(H,22,23). The van der Waals surface area contributed by atoms with Gasteiger partial charge in [-0.05, 0) is 56.2 Å². The van der Waals surface area contributed by atoms with E-state index in [1.165, 1.54) is 46.7 Å². The number of ketones is 1. The molecule has 0 aliphatic carbocycles. The summed E-state index contributed by atoms with van der Waals surface area (Å²) in [4.78, 5) is 12.1. The van der Waals surface area contributed by atoms with Crippen molar-refractivity contribution in [1.82, 2.24) is 10.2 Å². The van der Waals surface area contributed by atoms with Crippen LogP contribution in [0.2, 0.25) is 0 Å². The third kappa shape index (κ3) is 5.61. The first-order valence-electron chi connectivity index (χ1n) is 8.60. The number of anilines is 2. The van der Waals surface area contributed by atoms with Crippen LogP contribution in [0, 0.1) is 19.7 Å². The highest BCUT2D eigenvalue weighted by Crippen LogP contribution is 2.29. The Bertz CT molecular complexity index is 925. The van der Waals surface area contributed by atoms with E-state index in [0.717, 1.165) is 27.3 Å². The Balaban J connectivity index is 1.45. The molecule has 3 aromatic rings. The van der Waals surface area contributed by atoms with Crippen molar-refractivity contribution in [3.05, 3.63) is 65.0 Å². The van der Waals surface area contributed by atoms with E-state index in [2.05, 4.69) is 41.5 Å². The zero-order valence-corrected chi connectivity index (χ0v) is 16.8. The molecule has 0 aliphatic heterocycles. The third-order valence-corrected chi connectivity index (χ3v) is 6.03. The van der Waals surface area contributed by atoms with E-state index in [9.17, 15) is 9.18 Å². The second-order valence-corrected chi connectivity index (χ2v) is 8.52. The Morgan fingerprint density at radius 1 is 1.15 bits per heavy atom. The van der Waals surface area contributed by atoms with E-state index >= 15 is 0 Å². The lowest BCUT2D eigenvalue weighted by atomic mass is 10.1. The molecule has 3 rings (SSSR count). The molecular formula is C20H20FN3OS2. The number of thioether (sulfide) groups is 1. The number of benzene rings is 2. The van der Waals surface area contributed by atoms with Crippen molar-refractivity contribution < 1.29 is 9.18 Å². The summed E-state index contributed by atoms with van der Waals surface area (Å²) in [5, 5.41) is 12.4. The van der Waals surface area contributed by atoms with E-state index in [1.54, 1.807) is 11.8 Å². The van der Waals surface area contributed by atoms with Crippen LogP contribution in [-0.4, -0.2) is 21.7 Å². The van der Waals surface area contributed by atoms with Gasteiger partial charge in [0.15, 0.2) is 10.1 Å². The first-order chi connectivity index (χ1) is 13.0. The second kappa shape index (κ2) is 9.10. The summed E-state index contributed by atoms with van der Waals surface area (Å²) >= 11 is 3.09. The molecule has 0 saturated carbocycles. The molecule has 4 nitrogen and oxygen atoms in total. The molecule has 0 amide bonds. The number of aryl methyl sites for hydroxylation is 2. The fraction of sp³-hybridized carbons (Fsp3) is 0.250. The molecule has 1 aromatic heterocycles. The highest BCUT2D eigenvalue weighted by Gasteiger charge is 2.09. The first kappa shape index (κ1) is 19.5. The number of halogens is 1. The van der Waals surface area contributed by atoms with Crippen LogP contribution in [0.15, 0.2) is 46.8 Å². The molecule has 0 atom stereocenters. The quantitative estimate of drug-likeness (QED) is 0.294. The van der Waals surface area contributed by atoms with E-state index in [1.807, 2.05) is 6.07 Å². The number of carbonyl (C=O) groups is 1. The maximum atomic E-state index is 12.9. The number of rotatable bonds is 8. The molecule has 0 radical (unpaired) electrons. The summed E-state index contributed by atoms with van der Waals surface area (Å²) in [6.07, 6.45) is 1.17. The minimum Gasteiger partial charge on any atom is -0.330 e. The molecular weight excluding hydrogens is 381 g/mol. The van der Waals surface area contributed by atoms with Gasteiger partial charge >= 0.3 is 0 Å². The molecule has 0 unspecified atom stereocenters. The Hall–Kier alpha value is -2.25. The number of carbonyl (C=O) groups excluding carboxylic acids is 1. The van der Waals surface area contributed by atoms with Gasteiger partial charge in [-0.1, -0.05) is 40.8 Å². The highest BCUT2D eigenvalue weighted by molar-refractivity contribution is 8.01. The van der Waals surface area contributed by atoms with Gasteiger partial charge in [0.25, 0.3) is 0 Å². The minimum atomic E-state index is -0.330. The average molecular weight is 402 g/mol. The molecule has 0 spiro atoms. The van der Waals surface area contributed by atoms with E-state index in [4.69, 9.17) is 0 Å². The predicted molar refractivity (Wildman–Crippen MR) is 110 cm³/mol. The molecule has 0 saturated heterocycles. The van der Waals surface area contributed by atoms with Gasteiger partial charge in [-0.15, -0.1) is 10.2 Å². The predicted octanol–water partition coefficient (Wildman–Crippen LogP) is 5.79. The number of hydrogen-bond acceptors (Lipinski definition) is 6. The van der Waals surface area contributed by atoms with Gasteiger partial charge < -0.3 is 5.32 Å². The zero-order valence-electron chi connectivity index (χ0n) is 15.2. The van der Waals surface area contributed by atoms with Crippen molar-refractivity contribution in [2.45, 2.75) is 31.0 Å². The van der Waals surface area contributed by atoms with Crippen molar-refractivity contribution in [3.8, 4) is 0 Å². The van der Waals surface area contributed by atoms with Gasteiger partial charge in [0.1, 0.15) is 5.82 Å². The lowest BCUT2D eigenvalue weighted by Crippen LogP contribution is -1.99. The maximum Gasteiger partial charge on any atom is 0.210 e. The number of nitrogens with one attached hydrogen (secondary N) is 1. The normalized spacial score (nSPS) is 10.8. The van der Waals surface area contributed by atoms with E-state index in [-0.39, 0.29) is 11.6 Å². The van der Waals surface area contributed by atoms with Crippen LogP contribution in [0.4, 0.5) is 15.2 Å². The summed E-state index contributed by atoms with van der Waals surface area (Å²) in [6, 6.07) is 11.9. The second-order valence-electron chi connectivity index (χ2n) is 6.20. The van der Waals surface area contributed by atoms with E-state index in [0.29, 0.717) is 12.0 Å². The van der Waals surface area contributed by atoms with Crippen LogP contribution in [0.3, 0.4) is 0 Å². The fourth-order valence-electron chi connectivity index (χ4n) is 2.56. The number of aromatic nitrogens is 2. The third-order valence-electron chi connectivity index (χ3n) is 3.97. The Morgan fingerprint density at radius 3 is 2.67 bits per heavy atom. The highest BCUT2D eigenvalue weighted by atomic mass is 32.2. The van der Waals surface area contributed by atoms with Crippen molar-refractivity contribution >= 4 is 39.7 Å². The molecule has 0 fully saturated rings. The lowest BCUT2D eigenvalue weighted by Gasteiger charge is -2.06. The molecule has 7 heteroatoms. The minimum absolute atomic E-state index is 0.0325. The molecule has 27 heavy (non-hydrogen) atoms. The van der Waals surface area contributed by atoms with Gasteiger partial charge in [0, 0.05) is 23.4 Å². The molecule has 0 aliphatic rings. The van der Waals surface area contributed by atoms with Gasteiger partial charge in [0.2, 0.25) is 5.13 Å². The summed E-state index contributed by atoms with van der Waals surface area (Å²) in [5.74, 6) is 0.485. The van der Waals surface area contributed by atoms with Gasteiger partial charge in [0.05, 0.1) is 0 Å².